The fraction of sp³-hybridized carbons (Fsp3) is 0.333. The van der Waals surface area contributed by atoms with E-state index < -0.39 is 0 Å². The van der Waals surface area contributed by atoms with E-state index in [-0.39, 0.29) is 0 Å². The molecule has 0 aliphatic rings. The molecule has 0 fully saturated rings. The fourth-order valence-corrected chi connectivity index (χ4v) is 2.31. The molecule has 0 aliphatic heterocycles. The fourth-order valence-electron chi connectivity index (χ4n) is 1.99. The minimum absolute atomic E-state index is 0.304. The van der Waals surface area contributed by atoms with Gasteiger partial charge in [-0.2, -0.15) is 10.4 Å². The number of nitrogens with zero attached hydrogens (tertiary/aromatic N) is 3. The molecule has 1 aromatic heterocycles. The van der Waals surface area contributed by atoms with Crippen LogP contribution in [-0.4, -0.2) is 9.78 Å². The second kappa shape index (κ2) is 6.44. The molecule has 2 aromatic rings. The van der Waals surface area contributed by atoms with Gasteiger partial charge in [0.15, 0.2) is 0 Å². The molecule has 0 atom stereocenters. The zero-order valence-electron chi connectivity index (χ0n) is 11.6. The first-order chi connectivity index (χ1) is 9.71. The van der Waals surface area contributed by atoms with Crippen molar-refractivity contribution in [2.24, 2.45) is 0 Å². The average molecular weight is 290 g/mol. The number of ether oxygens (including phenoxy) is 1. The van der Waals surface area contributed by atoms with E-state index in [1.807, 2.05) is 30.7 Å². The molecule has 0 radical (unpaired) electrons. The van der Waals surface area contributed by atoms with Crippen molar-refractivity contribution < 1.29 is 4.74 Å². The third-order valence-corrected chi connectivity index (χ3v) is 3.50. The van der Waals surface area contributed by atoms with E-state index in [2.05, 4.69) is 11.2 Å². The number of hydrogen-bond donors (Lipinski definition) is 0. The molecule has 0 amide bonds. The van der Waals surface area contributed by atoms with Gasteiger partial charge in [-0.1, -0.05) is 30.7 Å². The summed E-state index contributed by atoms with van der Waals surface area (Å²) in [5.74, 6) is 0.563. The van der Waals surface area contributed by atoms with Crippen molar-refractivity contribution in [1.82, 2.24) is 9.78 Å². The van der Waals surface area contributed by atoms with Crippen molar-refractivity contribution in [3.05, 3.63) is 46.2 Å². The number of aryl methyl sites for hydroxylation is 2. The highest BCUT2D eigenvalue weighted by molar-refractivity contribution is 6.31. The summed E-state index contributed by atoms with van der Waals surface area (Å²) >= 11 is 6.32. The van der Waals surface area contributed by atoms with Crippen LogP contribution in [0.3, 0.4) is 0 Å². The Morgan fingerprint density at radius 1 is 1.35 bits per heavy atom. The van der Waals surface area contributed by atoms with Crippen molar-refractivity contribution >= 4 is 11.6 Å². The second-order valence-electron chi connectivity index (χ2n) is 4.27. The Morgan fingerprint density at radius 3 is 2.75 bits per heavy atom. The van der Waals surface area contributed by atoms with Gasteiger partial charge in [0, 0.05) is 6.54 Å². The smallest absolute Gasteiger partial charge is 0.137 e. The van der Waals surface area contributed by atoms with Crippen molar-refractivity contribution in [2.45, 2.75) is 33.4 Å². The van der Waals surface area contributed by atoms with Gasteiger partial charge in [0.25, 0.3) is 0 Å². The Kier molecular flexibility index (Phi) is 4.65. The third-order valence-electron chi connectivity index (χ3n) is 3.07. The maximum atomic E-state index is 9.04. The number of halogens is 1. The van der Waals surface area contributed by atoms with E-state index in [0.29, 0.717) is 22.9 Å². The van der Waals surface area contributed by atoms with E-state index in [4.69, 9.17) is 21.6 Å². The number of hydrogen-bond acceptors (Lipinski definition) is 3. The van der Waals surface area contributed by atoms with Crippen LogP contribution in [0.1, 0.15) is 30.8 Å². The molecule has 0 unspecified atom stereocenters. The minimum Gasteiger partial charge on any atom is -0.486 e. The lowest BCUT2D eigenvalue weighted by molar-refractivity contribution is 0.292. The van der Waals surface area contributed by atoms with Crippen LogP contribution in [0.25, 0.3) is 0 Å². The van der Waals surface area contributed by atoms with Gasteiger partial charge >= 0.3 is 0 Å². The predicted octanol–water partition coefficient (Wildman–Crippen LogP) is 3.57. The Hall–Kier alpha value is -1.99. The first-order valence-corrected chi connectivity index (χ1v) is 6.95. The van der Waals surface area contributed by atoms with E-state index in [1.165, 1.54) is 0 Å². The van der Waals surface area contributed by atoms with Crippen LogP contribution in [0.15, 0.2) is 24.3 Å². The van der Waals surface area contributed by atoms with Gasteiger partial charge in [-0.3, -0.25) is 4.68 Å². The number of rotatable bonds is 5. The van der Waals surface area contributed by atoms with Crippen LogP contribution in [0.5, 0.6) is 5.75 Å². The molecule has 0 aliphatic carbocycles. The lowest BCUT2D eigenvalue weighted by Crippen LogP contribution is -2.07. The summed E-state index contributed by atoms with van der Waals surface area (Å²) in [6, 6.07) is 9.27. The highest BCUT2D eigenvalue weighted by atomic mass is 35.5. The Morgan fingerprint density at radius 2 is 2.10 bits per heavy atom. The predicted molar refractivity (Wildman–Crippen MR) is 77.8 cm³/mol. The van der Waals surface area contributed by atoms with E-state index in [1.54, 1.807) is 12.1 Å². The average Bonchev–Trinajstić information content (AvgIpc) is 2.81. The van der Waals surface area contributed by atoms with Crippen LogP contribution in [0.2, 0.25) is 5.02 Å². The van der Waals surface area contributed by atoms with Gasteiger partial charge in [-0.05, 0) is 25.5 Å². The second-order valence-corrected chi connectivity index (χ2v) is 4.65. The maximum Gasteiger partial charge on any atom is 0.137 e. The van der Waals surface area contributed by atoms with Crippen LogP contribution in [-0.2, 0) is 19.6 Å². The SMILES string of the molecule is CCc1nn(CC)c(COc2ccccc2C#N)c1Cl. The minimum atomic E-state index is 0.304. The lowest BCUT2D eigenvalue weighted by Gasteiger charge is -2.09. The van der Waals surface area contributed by atoms with Gasteiger partial charge in [-0.15, -0.1) is 0 Å². The zero-order chi connectivity index (χ0) is 14.5. The molecule has 20 heavy (non-hydrogen) atoms. The molecule has 0 bridgehead atoms. The molecule has 104 valence electrons. The quantitative estimate of drug-likeness (QED) is 0.845. The van der Waals surface area contributed by atoms with Gasteiger partial charge in [0.05, 0.1) is 22.0 Å². The van der Waals surface area contributed by atoms with E-state index in [0.717, 1.165) is 24.4 Å². The third kappa shape index (κ3) is 2.78. The van der Waals surface area contributed by atoms with Crippen molar-refractivity contribution in [3.8, 4) is 11.8 Å². The molecule has 0 saturated carbocycles. The lowest BCUT2D eigenvalue weighted by atomic mass is 10.2. The molecular formula is C15H16ClN3O. The summed E-state index contributed by atoms with van der Waals surface area (Å²) in [4.78, 5) is 0. The normalized spacial score (nSPS) is 10.3. The summed E-state index contributed by atoms with van der Waals surface area (Å²) in [6.45, 7) is 5.07. The molecule has 0 spiro atoms. The van der Waals surface area contributed by atoms with Crippen LogP contribution in [0, 0.1) is 11.3 Å². The Balaban J connectivity index is 2.23. The van der Waals surface area contributed by atoms with Crippen molar-refractivity contribution in [3.63, 3.8) is 0 Å². The highest BCUT2D eigenvalue weighted by Crippen LogP contribution is 2.24. The van der Waals surface area contributed by atoms with Crippen LogP contribution < -0.4 is 4.74 Å². The first kappa shape index (κ1) is 14.4. The largest absolute Gasteiger partial charge is 0.486 e. The number of benzene rings is 1. The number of nitriles is 1. The molecule has 4 nitrogen and oxygen atoms in total. The van der Waals surface area contributed by atoms with E-state index in [9.17, 15) is 0 Å². The van der Waals surface area contributed by atoms with Crippen LogP contribution in [0.4, 0.5) is 0 Å². The maximum absolute atomic E-state index is 9.04. The summed E-state index contributed by atoms with van der Waals surface area (Å²) in [5.41, 5.74) is 2.24. The number of aromatic nitrogens is 2. The van der Waals surface area contributed by atoms with Crippen LogP contribution >= 0.6 is 11.6 Å². The molecule has 0 N–H and O–H groups in total. The molecule has 5 heteroatoms. The van der Waals surface area contributed by atoms with Gasteiger partial charge < -0.3 is 4.74 Å². The van der Waals surface area contributed by atoms with Gasteiger partial charge in [-0.25, -0.2) is 0 Å². The summed E-state index contributed by atoms with van der Waals surface area (Å²) in [7, 11) is 0. The van der Waals surface area contributed by atoms with Gasteiger partial charge in [0.1, 0.15) is 18.4 Å². The summed E-state index contributed by atoms with van der Waals surface area (Å²) in [6.07, 6.45) is 0.785. The zero-order valence-corrected chi connectivity index (χ0v) is 12.3. The van der Waals surface area contributed by atoms with Gasteiger partial charge in [0.2, 0.25) is 0 Å². The topological polar surface area (TPSA) is 50.8 Å². The monoisotopic (exact) mass is 289 g/mol. The number of para-hydroxylation sites is 1. The first-order valence-electron chi connectivity index (χ1n) is 6.57. The standard InChI is InChI=1S/C15H16ClN3O/c1-3-12-15(16)13(19(4-2)18-12)10-20-14-8-6-5-7-11(14)9-17/h5-8H,3-4,10H2,1-2H3. The summed E-state index contributed by atoms with van der Waals surface area (Å²) < 4.78 is 7.57. The van der Waals surface area contributed by atoms with E-state index >= 15 is 0 Å². The molecule has 1 aromatic carbocycles. The van der Waals surface area contributed by atoms with Crippen molar-refractivity contribution in [1.29, 1.82) is 5.26 Å². The molecule has 0 saturated heterocycles. The summed E-state index contributed by atoms with van der Waals surface area (Å²) in [5, 5.41) is 14.1. The van der Waals surface area contributed by atoms with Crippen molar-refractivity contribution in [2.75, 3.05) is 0 Å². The molecule has 2 rings (SSSR count). The Labute approximate surface area is 123 Å². The Bertz CT molecular complexity index is 643. The highest BCUT2D eigenvalue weighted by Gasteiger charge is 2.15. The molecule has 1 heterocycles. The molecular weight excluding hydrogens is 274 g/mol.